The number of imide groups is 1. The third-order valence-electron chi connectivity index (χ3n) is 5.33. The van der Waals surface area contributed by atoms with Crippen molar-refractivity contribution in [2.24, 2.45) is 0 Å². The van der Waals surface area contributed by atoms with Crippen molar-refractivity contribution in [3.63, 3.8) is 0 Å². The fourth-order valence-corrected chi connectivity index (χ4v) is 4.30. The number of halogens is 1. The normalized spacial score (nSPS) is 14.5. The maximum Gasteiger partial charge on any atom is 0.266 e. The Morgan fingerprint density at radius 1 is 0.733 bits per heavy atom. The Morgan fingerprint density at radius 3 is 1.77 bits per heavy atom. The fraction of sp³-hybridized carbons (Fsp3) is 0.0435. The number of carbonyl (C=O) groups excluding carboxylic acids is 4. The highest BCUT2D eigenvalue weighted by molar-refractivity contribution is 6.44. The van der Waals surface area contributed by atoms with Gasteiger partial charge in [0.05, 0.1) is 28.8 Å². The zero-order chi connectivity index (χ0) is 21.2. The highest BCUT2D eigenvalue weighted by atomic mass is 35.5. The summed E-state index contributed by atoms with van der Waals surface area (Å²) in [5, 5.41) is -0.174. The summed E-state index contributed by atoms with van der Waals surface area (Å²) >= 11 is 6.59. The van der Waals surface area contributed by atoms with Gasteiger partial charge < -0.3 is 4.74 Å². The van der Waals surface area contributed by atoms with Gasteiger partial charge in [-0.2, -0.15) is 0 Å². The van der Waals surface area contributed by atoms with E-state index in [4.69, 9.17) is 16.3 Å². The zero-order valence-corrected chi connectivity index (χ0v) is 16.3. The summed E-state index contributed by atoms with van der Waals surface area (Å²) in [6, 6.07) is 14.2. The molecule has 7 heteroatoms. The highest BCUT2D eigenvalue weighted by Crippen LogP contribution is 2.46. The van der Waals surface area contributed by atoms with Crippen LogP contribution in [0.3, 0.4) is 0 Å². The van der Waals surface area contributed by atoms with E-state index in [2.05, 4.69) is 0 Å². The van der Waals surface area contributed by atoms with Crippen molar-refractivity contribution in [1.82, 2.24) is 0 Å². The van der Waals surface area contributed by atoms with Crippen LogP contribution < -0.4 is 9.64 Å². The maximum atomic E-state index is 13.2. The molecular formula is C23H12ClNO5. The third kappa shape index (κ3) is 2.25. The molecule has 0 spiro atoms. The van der Waals surface area contributed by atoms with Crippen LogP contribution in [0.5, 0.6) is 5.75 Å². The Kier molecular flexibility index (Phi) is 3.88. The van der Waals surface area contributed by atoms with Crippen molar-refractivity contribution < 1.29 is 23.9 Å². The van der Waals surface area contributed by atoms with E-state index >= 15 is 0 Å². The van der Waals surface area contributed by atoms with Gasteiger partial charge in [-0.05, 0) is 18.2 Å². The lowest BCUT2D eigenvalue weighted by molar-refractivity contribution is 0.0923. The van der Waals surface area contributed by atoms with Gasteiger partial charge in [-0.3, -0.25) is 19.2 Å². The molecule has 146 valence electrons. The van der Waals surface area contributed by atoms with Crippen LogP contribution >= 0.6 is 11.6 Å². The Bertz CT molecular complexity index is 1290. The molecule has 30 heavy (non-hydrogen) atoms. The Hall–Kier alpha value is -3.77. The fourth-order valence-electron chi connectivity index (χ4n) is 3.93. The molecule has 1 aliphatic carbocycles. The Morgan fingerprint density at radius 2 is 1.23 bits per heavy atom. The van der Waals surface area contributed by atoms with E-state index in [1.54, 1.807) is 48.5 Å². The lowest BCUT2D eigenvalue weighted by Crippen LogP contribution is -2.31. The lowest BCUT2D eigenvalue weighted by Gasteiger charge is -2.25. The number of hydrogen-bond donors (Lipinski definition) is 0. The monoisotopic (exact) mass is 417 g/mol. The van der Waals surface area contributed by atoms with E-state index < -0.39 is 17.6 Å². The van der Waals surface area contributed by atoms with Crippen LogP contribution in [0.15, 0.2) is 54.6 Å². The highest BCUT2D eigenvalue weighted by Gasteiger charge is 2.42. The van der Waals surface area contributed by atoms with Crippen LogP contribution in [0.4, 0.5) is 5.69 Å². The molecule has 0 aromatic heterocycles. The van der Waals surface area contributed by atoms with Gasteiger partial charge in [-0.1, -0.05) is 48.0 Å². The molecule has 0 N–H and O–H groups in total. The van der Waals surface area contributed by atoms with Gasteiger partial charge in [-0.25, -0.2) is 4.90 Å². The summed E-state index contributed by atoms with van der Waals surface area (Å²) in [5.74, 6) is -1.94. The molecule has 2 amide bonds. The quantitative estimate of drug-likeness (QED) is 0.462. The average Bonchev–Trinajstić information content (AvgIpc) is 3.02. The minimum Gasteiger partial charge on any atom is -0.494 e. The first-order valence-corrected chi connectivity index (χ1v) is 9.40. The van der Waals surface area contributed by atoms with Crippen LogP contribution in [0.1, 0.15) is 52.6 Å². The van der Waals surface area contributed by atoms with Crippen molar-refractivity contribution in [2.75, 3.05) is 12.0 Å². The topological polar surface area (TPSA) is 80.8 Å². The van der Waals surface area contributed by atoms with Crippen molar-refractivity contribution >= 4 is 40.7 Å². The summed E-state index contributed by atoms with van der Waals surface area (Å²) < 4.78 is 5.38. The SMILES string of the molecule is COc1cc2c(c(Cl)c1N1C(=O)c3ccccc3C1=O)C(=O)c1ccccc1C2=O. The van der Waals surface area contributed by atoms with Crippen LogP contribution in [-0.2, 0) is 0 Å². The molecular weight excluding hydrogens is 406 g/mol. The number of ether oxygens (including phenoxy) is 1. The molecule has 1 aliphatic heterocycles. The number of ketones is 2. The summed E-state index contributed by atoms with van der Waals surface area (Å²) in [4.78, 5) is 53.0. The predicted octanol–water partition coefficient (Wildman–Crippen LogP) is 3.92. The van der Waals surface area contributed by atoms with Crippen LogP contribution in [-0.4, -0.2) is 30.5 Å². The third-order valence-corrected chi connectivity index (χ3v) is 5.70. The second-order valence-electron chi connectivity index (χ2n) is 6.86. The molecule has 3 aromatic rings. The number of rotatable bonds is 2. The van der Waals surface area contributed by atoms with Gasteiger partial charge in [0.25, 0.3) is 11.8 Å². The Balaban J connectivity index is 1.77. The van der Waals surface area contributed by atoms with Crippen molar-refractivity contribution in [1.29, 1.82) is 0 Å². The van der Waals surface area contributed by atoms with Gasteiger partial charge in [-0.15, -0.1) is 0 Å². The first kappa shape index (κ1) is 18.3. The van der Waals surface area contributed by atoms with Crippen molar-refractivity contribution in [3.8, 4) is 5.75 Å². The molecule has 0 unspecified atom stereocenters. The largest absolute Gasteiger partial charge is 0.494 e. The number of hydrogen-bond acceptors (Lipinski definition) is 5. The van der Waals surface area contributed by atoms with E-state index in [1.165, 1.54) is 13.2 Å². The lowest BCUT2D eigenvalue weighted by atomic mass is 9.83. The van der Waals surface area contributed by atoms with E-state index in [1.807, 2.05) is 0 Å². The molecule has 0 atom stereocenters. The van der Waals surface area contributed by atoms with Gasteiger partial charge in [0, 0.05) is 16.7 Å². The number of fused-ring (bicyclic) bond motifs is 3. The summed E-state index contributed by atoms with van der Waals surface area (Å²) in [7, 11) is 1.34. The summed E-state index contributed by atoms with van der Waals surface area (Å²) in [5.41, 5.74) is 0.910. The number of benzene rings is 3. The van der Waals surface area contributed by atoms with Crippen molar-refractivity contribution in [3.05, 3.63) is 93.0 Å². The summed E-state index contributed by atoms with van der Waals surface area (Å²) in [6.07, 6.45) is 0. The van der Waals surface area contributed by atoms with Crippen LogP contribution in [0.25, 0.3) is 0 Å². The standard InChI is InChI=1S/C23H12ClNO5/c1-30-16-10-15-17(21(27)12-7-3-2-6-11(12)20(15)26)18(24)19(16)25-22(28)13-8-4-5-9-14(13)23(25)29/h2-10H,1H3. The Labute approximate surface area is 175 Å². The van der Waals surface area contributed by atoms with Gasteiger partial charge in [0.15, 0.2) is 11.6 Å². The van der Waals surface area contributed by atoms with Crippen LogP contribution in [0.2, 0.25) is 5.02 Å². The molecule has 0 saturated heterocycles. The van der Waals surface area contributed by atoms with Crippen molar-refractivity contribution in [2.45, 2.75) is 0 Å². The van der Waals surface area contributed by atoms with E-state index in [0.29, 0.717) is 0 Å². The first-order valence-electron chi connectivity index (χ1n) is 9.02. The number of anilines is 1. The second-order valence-corrected chi connectivity index (χ2v) is 7.24. The van der Waals surface area contributed by atoms with E-state index in [-0.39, 0.29) is 55.6 Å². The average molecular weight is 418 g/mol. The van der Waals surface area contributed by atoms with Crippen LogP contribution in [0, 0.1) is 0 Å². The molecule has 0 saturated carbocycles. The molecule has 0 radical (unpaired) electrons. The van der Waals surface area contributed by atoms with E-state index in [0.717, 1.165) is 4.90 Å². The van der Waals surface area contributed by atoms with Gasteiger partial charge >= 0.3 is 0 Å². The zero-order valence-electron chi connectivity index (χ0n) is 15.6. The molecule has 1 heterocycles. The van der Waals surface area contributed by atoms with Gasteiger partial charge in [0.1, 0.15) is 11.4 Å². The molecule has 2 aliphatic rings. The molecule has 5 rings (SSSR count). The molecule has 0 bridgehead atoms. The maximum absolute atomic E-state index is 13.2. The number of methoxy groups -OCH3 is 1. The second kappa shape index (κ2) is 6.37. The predicted molar refractivity (Wildman–Crippen MR) is 109 cm³/mol. The molecule has 0 fully saturated rings. The smallest absolute Gasteiger partial charge is 0.266 e. The van der Waals surface area contributed by atoms with Gasteiger partial charge in [0.2, 0.25) is 0 Å². The molecule has 6 nitrogen and oxygen atoms in total. The first-order chi connectivity index (χ1) is 14.5. The molecule has 3 aromatic carbocycles. The van der Waals surface area contributed by atoms with E-state index in [9.17, 15) is 19.2 Å². The number of carbonyl (C=O) groups is 4. The number of nitrogens with zero attached hydrogens (tertiary/aromatic N) is 1. The summed E-state index contributed by atoms with van der Waals surface area (Å²) in [6.45, 7) is 0. The minimum atomic E-state index is -0.578. The minimum absolute atomic E-state index is 0.0484. The number of amides is 2.